The number of alkyl halides is 1. The maximum absolute atomic E-state index is 10.8. The van der Waals surface area contributed by atoms with Crippen LogP contribution in [0.2, 0.25) is 0 Å². The first-order valence-corrected chi connectivity index (χ1v) is 8.89. The van der Waals surface area contributed by atoms with Crippen LogP contribution in [0, 0.1) is 6.92 Å². The van der Waals surface area contributed by atoms with Gasteiger partial charge in [-0.3, -0.25) is 4.79 Å². The number of carbonyl (C=O) groups is 1. The standard InChI is InChI=1S/C15H16ClN5O3S/c1-9-11(24-4-2-3-16)7-21-13(9)14(18-8-19-21)20-15-17-6-10(25-15)5-12(22)23/h6-8H,2-5H2,1H3,(H,22,23)(H,17,18,19,20). The summed E-state index contributed by atoms with van der Waals surface area (Å²) in [7, 11) is 0. The van der Waals surface area contributed by atoms with Gasteiger partial charge < -0.3 is 15.2 Å². The fourth-order valence-electron chi connectivity index (χ4n) is 2.31. The van der Waals surface area contributed by atoms with Gasteiger partial charge in [-0.15, -0.1) is 22.9 Å². The molecule has 0 aliphatic heterocycles. The van der Waals surface area contributed by atoms with Crippen molar-refractivity contribution in [2.24, 2.45) is 0 Å². The monoisotopic (exact) mass is 381 g/mol. The predicted octanol–water partition coefficient (Wildman–Crippen LogP) is 2.87. The molecule has 0 radical (unpaired) electrons. The predicted molar refractivity (Wildman–Crippen MR) is 95.3 cm³/mol. The Labute approximate surface area is 152 Å². The zero-order valence-corrected chi connectivity index (χ0v) is 15.0. The second-order valence-electron chi connectivity index (χ2n) is 5.24. The van der Waals surface area contributed by atoms with E-state index in [1.54, 1.807) is 16.9 Å². The fraction of sp³-hybridized carbons (Fsp3) is 0.333. The molecule has 0 unspecified atom stereocenters. The van der Waals surface area contributed by atoms with E-state index in [-0.39, 0.29) is 6.42 Å². The van der Waals surface area contributed by atoms with Crippen LogP contribution in [0.3, 0.4) is 0 Å². The molecule has 8 nitrogen and oxygen atoms in total. The topological polar surface area (TPSA) is 102 Å². The molecule has 3 aromatic rings. The van der Waals surface area contributed by atoms with Crippen LogP contribution in [0.4, 0.5) is 10.9 Å². The number of carboxylic acid groups (broad SMARTS) is 1. The molecule has 10 heteroatoms. The van der Waals surface area contributed by atoms with E-state index >= 15 is 0 Å². The molecular formula is C15H16ClN5O3S. The summed E-state index contributed by atoms with van der Waals surface area (Å²) >= 11 is 6.95. The lowest BCUT2D eigenvalue weighted by atomic mass is 10.3. The van der Waals surface area contributed by atoms with Gasteiger partial charge in [0.05, 0.1) is 19.2 Å². The molecule has 2 N–H and O–H groups in total. The van der Waals surface area contributed by atoms with E-state index in [9.17, 15) is 4.79 Å². The molecule has 3 rings (SSSR count). The van der Waals surface area contributed by atoms with E-state index in [0.29, 0.717) is 28.3 Å². The van der Waals surface area contributed by atoms with Crippen molar-refractivity contribution < 1.29 is 14.6 Å². The third-order valence-electron chi connectivity index (χ3n) is 3.42. The number of aromatic nitrogens is 4. The Morgan fingerprint density at radius 1 is 1.48 bits per heavy atom. The molecule has 0 atom stereocenters. The van der Waals surface area contributed by atoms with Gasteiger partial charge in [0.25, 0.3) is 0 Å². The number of fused-ring (bicyclic) bond motifs is 1. The first-order valence-electron chi connectivity index (χ1n) is 7.53. The Morgan fingerprint density at radius 2 is 2.32 bits per heavy atom. The Bertz CT molecular complexity index is 895. The van der Waals surface area contributed by atoms with Gasteiger partial charge in [0.2, 0.25) is 0 Å². The molecule has 0 aliphatic carbocycles. The number of thiazole rings is 1. The smallest absolute Gasteiger partial charge is 0.308 e. The minimum atomic E-state index is -0.888. The lowest BCUT2D eigenvalue weighted by Gasteiger charge is -2.05. The first kappa shape index (κ1) is 17.4. The molecular weight excluding hydrogens is 366 g/mol. The molecule has 132 valence electrons. The van der Waals surface area contributed by atoms with Crippen LogP contribution in [0.15, 0.2) is 18.7 Å². The number of hydrogen-bond donors (Lipinski definition) is 2. The average molecular weight is 382 g/mol. The van der Waals surface area contributed by atoms with Crippen LogP contribution in [-0.2, 0) is 11.2 Å². The zero-order valence-electron chi connectivity index (χ0n) is 13.4. The molecule has 3 aromatic heterocycles. The van der Waals surface area contributed by atoms with Gasteiger partial charge >= 0.3 is 5.97 Å². The molecule has 25 heavy (non-hydrogen) atoms. The van der Waals surface area contributed by atoms with Gasteiger partial charge in [-0.2, -0.15) is 5.10 Å². The number of rotatable bonds is 8. The normalized spacial score (nSPS) is 11.0. The van der Waals surface area contributed by atoms with Gasteiger partial charge in [0.15, 0.2) is 10.9 Å². The number of halogens is 1. The first-order chi connectivity index (χ1) is 12.1. The van der Waals surface area contributed by atoms with E-state index < -0.39 is 5.97 Å². The minimum absolute atomic E-state index is 0.0543. The Hall–Kier alpha value is -2.39. The highest BCUT2D eigenvalue weighted by Gasteiger charge is 2.15. The van der Waals surface area contributed by atoms with Crippen LogP contribution in [0.25, 0.3) is 5.52 Å². The van der Waals surface area contributed by atoms with Crippen molar-refractivity contribution in [2.45, 2.75) is 19.8 Å². The maximum Gasteiger partial charge on any atom is 0.308 e. The summed E-state index contributed by atoms with van der Waals surface area (Å²) in [5, 5.41) is 16.7. The van der Waals surface area contributed by atoms with Crippen molar-refractivity contribution in [1.29, 1.82) is 0 Å². The summed E-state index contributed by atoms with van der Waals surface area (Å²) in [5.41, 5.74) is 1.68. The molecule has 0 bridgehead atoms. The van der Waals surface area contributed by atoms with Crippen LogP contribution >= 0.6 is 22.9 Å². The number of carboxylic acids is 1. The van der Waals surface area contributed by atoms with Gasteiger partial charge in [0, 0.05) is 22.5 Å². The number of nitrogens with one attached hydrogen (secondary N) is 1. The second kappa shape index (κ2) is 7.66. The number of anilines is 2. The van der Waals surface area contributed by atoms with E-state index in [0.717, 1.165) is 23.3 Å². The molecule has 0 spiro atoms. The van der Waals surface area contributed by atoms with E-state index in [1.165, 1.54) is 17.7 Å². The largest absolute Gasteiger partial charge is 0.492 e. The van der Waals surface area contributed by atoms with Gasteiger partial charge in [-0.1, -0.05) is 0 Å². The Morgan fingerprint density at radius 3 is 3.08 bits per heavy atom. The third-order valence-corrected chi connectivity index (χ3v) is 4.60. The molecule has 0 aliphatic rings. The number of aliphatic carboxylic acids is 1. The quantitative estimate of drug-likeness (QED) is 0.457. The Kier molecular flexibility index (Phi) is 5.34. The zero-order chi connectivity index (χ0) is 17.8. The van der Waals surface area contributed by atoms with Gasteiger partial charge in [-0.05, 0) is 13.3 Å². The number of aryl methyl sites for hydroxylation is 1. The third kappa shape index (κ3) is 3.99. The maximum atomic E-state index is 10.8. The van der Waals surface area contributed by atoms with Crippen LogP contribution in [-0.4, -0.2) is 43.1 Å². The van der Waals surface area contributed by atoms with Crippen molar-refractivity contribution in [1.82, 2.24) is 19.6 Å². The summed E-state index contributed by atoms with van der Waals surface area (Å²) in [5.74, 6) is 0.956. The molecule has 0 saturated carbocycles. The summed E-state index contributed by atoms with van der Waals surface area (Å²) in [6.45, 7) is 2.46. The highest BCUT2D eigenvalue weighted by atomic mass is 35.5. The summed E-state index contributed by atoms with van der Waals surface area (Å²) in [4.78, 5) is 19.9. The number of hydrogen-bond acceptors (Lipinski definition) is 7. The molecule has 3 heterocycles. The van der Waals surface area contributed by atoms with Gasteiger partial charge in [-0.25, -0.2) is 14.5 Å². The SMILES string of the molecule is Cc1c(OCCCCl)cn2ncnc(Nc3ncc(CC(=O)O)s3)c12. The second-order valence-corrected chi connectivity index (χ2v) is 6.73. The fourth-order valence-corrected chi connectivity index (χ4v) is 3.22. The summed E-state index contributed by atoms with van der Waals surface area (Å²) in [6, 6.07) is 0. The average Bonchev–Trinajstić information content (AvgIpc) is 3.13. The lowest BCUT2D eigenvalue weighted by molar-refractivity contribution is -0.136. The Balaban J connectivity index is 1.86. The van der Waals surface area contributed by atoms with Crippen molar-refractivity contribution in [3.8, 4) is 5.75 Å². The number of ether oxygens (including phenoxy) is 1. The van der Waals surface area contributed by atoms with Crippen LogP contribution < -0.4 is 10.1 Å². The van der Waals surface area contributed by atoms with Crippen LogP contribution in [0.1, 0.15) is 16.9 Å². The van der Waals surface area contributed by atoms with Crippen molar-refractivity contribution in [3.05, 3.63) is 29.2 Å². The minimum Gasteiger partial charge on any atom is -0.492 e. The van der Waals surface area contributed by atoms with E-state index in [2.05, 4.69) is 20.4 Å². The summed E-state index contributed by atoms with van der Waals surface area (Å²) < 4.78 is 7.42. The summed E-state index contributed by atoms with van der Waals surface area (Å²) in [6.07, 6.45) is 5.48. The van der Waals surface area contributed by atoms with E-state index in [1.807, 2.05) is 6.92 Å². The highest BCUT2D eigenvalue weighted by Crippen LogP contribution is 2.30. The number of nitrogens with zero attached hydrogens (tertiary/aromatic N) is 4. The van der Waals surface area contributed by atoms with Crippen LogP contribution in [0.5, 0.6) is 5.75 Å². The van der Waals surface area contributed by atoms with Crippen molar-refractivity contribution >= 4 is 45.4 Å². The van der Waals surface area contributed by atoms with Crippen molar-refractivity contribution in [2.75, 3.05) is 17.8 Å². The molecule has 0 saturated heterocycles. The molecule has 0 amide bonds. The lowest BCUT2D eigenvalue weighted by Crippen LogP contribution is -1.99. The van der Waals surface area contributed by atoms with E-state index in [4.69, 9.17) is 21.4 Å². The molecule has 0 aromatic carbocycles. The highest BCUT2D eigenvalue weighted by molar-refractivity contribution is 7.15. The molecule has 0 fully saturated rings. The van der Waals surface area contributed by atoms with Gasteiger partial charge in [0.1, 0.15) is 17.6 Å². The van der Waals surface area contributed by atoms with Crippen molar-refractivity contribution in [3.63, 3.8) is 0 Å².